The predicted molar refractivity (Wildman–Crippen MR) is 66.8 cm³/mol. The maximum absolute atomic E-state index is 5.89. The number of hydrogen-bond acceptors (Lipinski definition) is 3. The van der Waals surface area contributed by atoms with Crippen molar-refractivity contribution in [1.29, 1.82) is 0 Å². The first-order valence-electron chi connectivity index (χ1n) is 5.09. The lowest BCUT2D eigenvalue weighted by molar-refractivity contribution is 0.157. The van der Waals surface area contributed by atoms with Gasteiger partial charge in [-0.2, -0.15) is 0 Å². The first-order valence-corrected chi connectivity index (χ1v) is 6.35. The van der Waals surface area contributed by atoms with E-state index in [1.807, 2.05) is 6.07 Å². The SMILES string of the molecule is COCC(C)CNC(C)c1csc(Cl)c1. The summed E-state index contributed by atoms with van der Waals surface area (Å²) in [5, 5.41) is 5.56. The maximum atomic E-state index is 5.89. The minimum atomic E-state index is 0.355. The van der Waals surface area contributed by atoms with Crippen molar-refractivity contribution in [3.05, 3.63) is 21.3 Å². The molecule has 0 saturated heterocycles. The first kappa shape index (κ1) is 13.0. The molecule has 15 heavy (non-hydrogen) atoms. The van der Waals surface area contributed by atoms with Crippen molar-refractivity contribution in [2.24, 2.45) is 5.92 Å². The lowest BCUT2D eigenvalue weighted by Gasteiger charge is -2.16. The molecular weight excluding hydrogens is 230 g/mol. The van der Waals surface area contributed by atoms with Crippen LogP contribution in [0.15, 0.2) is 11.4 Å². The number of methoxy groups -OCH3 is 1. The highest BCUT2D eigenvalue weighted by Gasteiger charge is 2.08. The minimum Gasteiger partial charge on any atom is -0.384 e. The van der Waals surface area contributed by atoms with Crippen LogP contribution in [0.1, 0.15) is 25.5 Å². The molecule has 1 rings (SSSR count). The van der Waals surface area contributed by atoms with Crippen LogP contribution < -0.4 is 5.32 Å². The fraction of sp³-hybridized carbons (Fsp3) is 0.636. The molecule has 2 nitrogen and oxygen atoms in total. The summed E-state index contributed by atoms with van der Waals surface area (Å²) in [6.07, 6.45) is 0. The third-order valence-electron chi connectivity index (χ3n) is 2.31. The van der Waals surface area contributed by atoms with Crippen LogP contribution in [-0.4, -0.2) is 20.3 Å². The average molecular weight is 248 g/mol. The molecule has 0 saturated carbocycles. The summed E-state index contributed by atoms with van der Waals surface area (Å²) in [7, 11) is 1.73. The van der Waals surface area contributed by atoms with Gasteiger partial charge >= 0.3 is 0 Å². The second kappa shape index (κ2) is 6.48. The van der Waals surface area contributed by atoms with E-state index in [-0.39, 0.29) is 0 Å². The van der Waals surface area contributed by atoms with Crippen molar-refractivity contribution in [1.82, 2.24) is 5.32 Å². The Morgan fingerprint density at radius 1 is 1.53 bits per heavy atom. The van der Waals surface area contributed by atoms with Gasteiger partial charge in [0.05, 0.1) is 4.34 Å². The van der Waals surface area contributed by atoms with Gasteiger partial charge in [0.2, 0.25) is 0 Å². The van der Waals surface area contributed by atoms with Gasteiger partial charge in [0.1, 0.15) is 0 Å². The highest BCUT2D eigenvalue weighted by atomic mass is 35.5. The molecule has 0 aliphatic rings. The Bertz CT molecular complexity index is 290. The molecule has 0 bridgehead atoms. The van der Waals surface area contributed by atoms with Crippen LogP contribution in [0.4, 0.5) is 0 Å². The Labute approximate surface area is 101 Å². The summed E-state index contributed by atoms with van der Waals surface area (Å²) < 4.78 is 5.94. The molecule has 2 atom stereocenters. The summed E-state index contributed by atoms with van der Waals surface area (Å²) in [6.45, 7) is 6.08. The third kappa shape index (κ3) is 4.51. The highest BCUT2D eigenvalue weighted by molar-refractivity contribution is 7.14. The molecule has 0 aliphatic heterocycles. The predicted octanol–water partition coefficient (Wildman–Crippen LogP) is 3.33. The van der Waals surface area contributed by atoms with E-state index in [1.54, 1.807) is 18.4 Å². The van der Waals surface area contributed by atoms with Gasteiger partial charge in [0.25, 0.3) is 0 Å². The van der Waals surface area contributed by atoms with E-state index in [0.29, 0.717) is 12.0 Å². The van der Waals surface area contributed by atoms with Crippen molar-refractivity contribution in [3.63, 3.8) is 0 Å². The topological polar surface area (TPSA) is 21.3 Å². The number of ether oxygens (including phenoxy) is 1. The molecule has 1 aromatic heterocycles. The molecule has 0 fully saturated rings. The van der Waals surface area contributed by atoms with Crippen molar-refractivity contribution in [2.75, 3.05) is 20.3 Å². The fourth-order valence-electron chi connectivity index (χ4n) is 1.39. The van der Waals surface area contributed by atoms with Crippen LogP contribution in [0, 0.1) is 5.92 Å². The molecule has 2 unspecified atom stereocenters. The van der Waals surface area contributed by atoms with Gasteiger partial charge in [-0.3, -0.25) is 0 Å². The molecule has 1 aromatic rings. The number of halogens is 1. The van der Waals surface area contributed by atoms with Crippen LogP contribution in [0.25, 0.3) is 0 Å². The molecule has 0 amide bonds. The van der Waals surface area contributed by atoms with Gasteiger partial charge in [-0.1, -0.05) is 18.5 Å². The third-order valence-corrected chi connectivity index (χ3v) is 3.42. The van der Waals surface area contributed by atoms with E-state index in [4.69, 9.17) is 16.3 Å². The monoisotopic (exact) mass is 247 g/mol. The summed E-state index contributed by atoms with van der Waals surface area (Å²) in [4.78, 5) is 0. The van der Waals surface area contributed by atoms with E-state index in [9.17, 15) is 0 Å². The van der Waals surface area contributed by atoms with Crippen LogP contribution in [0.5, 0.6) is 0 Å². The van der Waals surface area contributed by atoms with E-state index < -0.39 is 0 Å². The van der Waals surface area contributed by atoms with Crippen molar-refractivity contribution >= 4 is 22.9 Å². The van der Waals surface area contributed by atoms with Crippen molar-refractivity contribution < 1.29 is 4.74 Å². The van der Waals surface area contributed by atoms with Crippen molar-refractivity contribution in [2.45, 2.75) is 19.9 Å². The average Bonchev–Trinajstić information content (AvgIpc) is 2.62. The van der Waals surface area contributed by atoms with Crippen LogP contribution in [0.2, 0.25) is 4.34 Å². The van der Waals surface area contributed by atoms with Gasteiger partial charge in [-0.05, 0) is 29.9 Å². The quantitative estimate of drug-likeness (QED) is 0.833. The number of thiophene rings is 1. The Morgan fingerprint density at radius 3 is 2.80 bits per heavy atom. The Balaban J connectivity index is 2.33. The Morgan fingerprint density at radius 2 is 2.27 bits per heavy atom. The highest BCUT2D eigenvalue weighted by Crippen LogP contribution is 2.24. The summed E-state index contributed by atoms with van der Waals surface area (Å²) in [5.41, 5.74) is 1.26. The Kier molecular flexibility index (Phi) is 5.61. The van der Waals surface area contributed by atoms with Gasteiger partial charge in [0, 0.05) is 26.3 Å². The van der Waals surface area contributed by atoms with Crippen LogP contribution >= 0.6 is 22.9 Å². The molecule has 1 N–H and O–H groups in total. The number of rotatable bonds is 6. The normalized spacial score (nSPS) is 15.2. The molecule has 0 aliphatic carbocycles. The number of nitrogens with one attached hydrogen (secondary N) is 1. The zero-order chi connectivity index (χ0) is 11.3. The molecule has 4 heteroatoms. The molecule has 1 heterocycles. The second-order valence-corrected chi connectivity index (χ2v) is 5.42. The molecular formula is C11H18ClNOS. The van der Waals surface area contributed by atoms with Crippen molar-refractivity contribution in [3.8, 4) is 0 Å². The van der Waals surface area contributed by atoms with Crippen LogP contribution in [0.3, 0.4) is 0 Å². The van der Waals surface area contributed by atoms with Gasteiger partial charge in [0.15, 0.2) is 0 Å². The van der Waals surface area contributed by atoms with Gasteiger partial charge in [-0.15, -0.1) is 11.3 Å². The molecule has 86 valence electrons. The lowest BCUT2D eigenvalue weighted by Crippen LogP contribution is -2.26. The second-order valence-electron chi connectivity index (χ2n) is 3.87. The van der Waals surface area contributed by atoms with E-state index in [1.165, 1.54) is 5.56 Å². The molecule has 0 aromatic carbocycles. The Hall–Kier alpha value is -0.0900. The standard InChI is InChI=1S/C11H18ClNOS/c1-8(6-14-3)5-13-9(2)10-4-11(12)15-7-10/h4,7-9,13H,5-6H2,1-3H3. The lowest BCUT2D eigenvalue weighted by atomic mass is 10.1. The fourth-order valence-corrected chi connectivity index (χ4v) is 2.37. The van der Waals surface area contributed by atoms with Gasteiger partial charge < -0.3 is 10.1 Å². The summed E-state index contributed by atoms with van der Waals surface area (Å²) in [5.74, 6) is 0.534. The van der Waals surface area contributed by atoms with Gasteiger partial charge in [-0.25, -0.2) is 0 Å². The van der Waals surface area contributed by atoms with Crippen LogP contribution in [-0.2, 0) is 4.74 Å². The molecule has 0 radical (unpaired) electrons. The summed E-state index contributed by atoms with van der Waals surface area (Å²) >= 11 is 7.47. The largest absolute Gasteiger partial charge is 0.384 e. The zero-order valence-electron chi connectivity index (χ0n) is 9.42. The summed E-state index contributed by atoms with van der Waals surface area (Å²) in [6, 6.07) is 2.37. The molecule has 0 spiro atoms. The van der Waals surface area contributed by atoms with E-state index >= 15 is 0 Å². The van der Waals surface area contributed by atoms with E-state index in [2.05, 4.69) is 24.5 Å². The smallest absolute Gasteiger partial charge is 0.0931 e. The minimum absolute atomic E-state index is 0.355. The number of hydrogen-bond donors (Lipinski definition) is 1. The van der Waals surface area contributed by atoms with E-state index in [0.717, 1.165) is 17.5 Å². The zero-order valence-corrected chi connectivity index (χ0v) is 11.0. The first-order chi connectivity index (χ1) is 7.13. The maximum Gasteiger partial charge on any atom is 0.0931 e.